The molecule has 41 heavy (non-hydrogen) atoms. The number of benzene rings is 1. The van der Waals surface area contributed by atoms with Crippen molar-refractivity contribution in [2.45, 2.75) is 72.0 Å². The Labute approximate surface area is 244 Å². The van der Waals surface area contributed by atoms with Crippen LogP contribution in [0.5, 0.6) is 5.75 Å². The van der Waals surface area contributed by atoms with Crippen LogP contribution >= 0.6 is 0 Å². The Bertz CT molecular complexity index is 1270. The third kappa shape index (κ3) is 8.05. The summed E-state index contributed by atoms with van der Waals surface area (Å²) in [7, 11) is 1.68. The van der Waals surface area contributed by atoms with Crippen LogP contribution < -0.4 is 15.4 Å². The van der Waals surface area contributed by atoms with Crippen molar-refractivity contribution in [3.8, 4) is 5.75 Å². The van der Waals surface area contributed by atoms with Crippen LogP contribution in [-0.4, -0.2) is 66.3 Å². The highest BCUT2D eigenvalue weighted by molar-refractivity contribution is 5.95. The third-order valence-corrected chi connectivity index (χ3v) is 8.29. The minimum absolute atomic E-state index is 0.408. The molecule has 220 valence electrons. The monoisotopic (exact) mass is 559 g/mol. The number of anilines is 1. The van der Waals surface area contributed by atoms with Gasteiger partial charge in [-0.05, 0) is 106 Å². The van der Waals surface area contributed by atoms with E-state index in [2.05, 4.69) is 63.9 Å². The maximum absolute atomic E-state index is 11.7. The molecular formula is C33H45N5O3. The fourth-order valence-corrected chi connectivity index (χ4v) is 5.84. The Morgan fingerprint density at radius 1 is 1.10 bits per heavy atom. The zero-order valence-electron chi connectivity index (χ0n) is 25.2. The number of primary amides is 1. The maximum atomic E-state index is 11.7. The Morgan fingerprint density at radius 2 is 1.83 bits per heavy atom. The molecule has 2 aromatic heterocycles. The zero-order chi connectivity index (χ0) is 29.4. The molecular weight excluding hydrogens is 514 g/mol. The van der Waals surface area contributed by atoms with E-state index in [9.17, 15) is 4.79 Å². The Balaban J connectivity index is 1.39. The van der Waals surface area contributed by atoms with Gasteiger partial charge in [-0.2, -0.15) is 0 Å². The summed E-state index contributed by atoms with van der Waals surface area (Å²) in [5.74, 6) is 0.450. The zero-order valence-corrected chi connectivity index (χ0v) is 25.2. The predicted octanol–water partition coefficient (Wildman–Crippen LogP) is 5.02. The molecule has 1 aromatic carbocycles. The van der Waals surface area contributed by atoms with Gasteiger partial charge >= 0.3 is 0 Å². The number of nitrogens with zero attached hydrogens (tertiary/aromatic N) is 4. The quantitative estimate of drug-likeness (QED) is 0.294. The highest BCUT2D eigenvalue weighted by Crippen LogP contribution is 2.29. The number of nitrogens with two attached hydrogens (primary N) is 1. The summed E-state index contributed by atoms with van der Waals surface area (Å²) in [5.41, 5.74) is 12.5. The number of ether oxygens (including phenoxy) is 2. The number of piperidine rings is 1. The van der Waals surface area contributed by atoms with Crippen LogP contribution in [0.2, 0.25) is 0 Å². The van der Waals surface area contributed by atoms with Crippen molar-refractivity contribution in [2.24, 2.45) is 5.73 Å². The van der Waals surface area contributed by atoms with Crippen molar-refractivity contribution in [1.29, 1.82) is 0 Å². The van der Waals surface area contributed by atoms with Crippen LogP contribution in [0.1, 0.15) is 64.6 Å². The molecule has 0 saturated carbocycles. The molecule has 1 atom stereocenters. The standard InChI is InChI=1S/C33H45N5O3/c1-23-12-15-35-21-27(23)22-38(29-8-10-31(11-9-29)41-19-18-40-5)30-13-16-37(17-14-30)25(3)6-7-28-20-24(2)32(33(34)39)26(4)36-28/h8-12,15,20-21,25,30H,6-7,13-14,16-19,22H2,1-5H3,(H2,34,39)/t25-/m1/s1. The molecule has 1 aliphatic rings. The number of rotatable bonds is 13. The number of aromatic nitrogens is 2. The largest absolute Gasteiger partial charge is 0.491 e. The fraction of sp³-hybridized carbons (Fsp3) is 0.485. The summed E-state index contributed by atoms with van der Waals surface area (Å²) in [4.78, 5) is 26.0. The lowest BCUT2D eigenvalue weighted by Crippen LogP contribution is -2.47. The SMILES string of the molecule is COCCOc1ccc(N(Cc2cnccc2C)C2CCN([C@H](C)CCc3cc(C)c(C(N)=O)c(C)n3)CC2)cc1. The van der Waals surface area contributed by atoms with E-state index >= 15 is 0 Å². The number of hydrogen-bond acceptors (Lipinski definition) is 7. The van der Waals surface area contributed by atoms with Gasteiger partial charge in [-0.1, -0.05) is 0 Å². The molecule has 3 heterocycles. The number of carbonyl (C=O) groups excluding carboxylic acids is 1. The molecule has 8 nitrogen and oxygen atoms in total. The molecule has 2 N–H and O–H groups in total. The Morgan fingerprint density at radius 3 is 2.46 bits per heavy atom. The molecule has 4 rings (SSSR count). The minimum Gasteiger partial charge on any atom is -0.491 e. The molecule has 1 aliphatic heterocycles. The normalized spacial score (nSPS) is 15.0. The first-order valence-corrected chi connectivity index (χ1v) is 14.7. The van der Waals surface area contributed by atoms with Gasteiger partial charge in [0.1, 0.15) is 12.4 Å². The maximum Gasteiger partial charge on any atom is 0.250 e. The number of pyridine rings is 2. The summed E-state index contributed by atoms with van der Waals surface area (Å²) >= 11 is 0. The van der Waals surface area contributed by atoms with Gasteiger partial charge in [0.15, 0.2) is 0 Å². The highest BCUT2D eigenvalue weighted by atomic mass is 16.5. The van der Waals surface area contributed by atoms with Crippen molar-refractivity contribution < 1.29 is 14.3 Å². The molecule has 0 radical (unpaired) electrons. The average molecular weight is 560 g/mol. The van der Waals surface area contributed by atoms with Crippen LogP contribution in [-0.2, 0) is 17.7 Å². The smallest absolute Gasteiger partial charge is 0.250 e. The molecule has 1 saturated heterocycles. The molecule has 1 amide bonds. The lowest BCUT2D eigenvalue weighted by atomic mass is 9.98. The molecule has 0 spiro atoms. The van der Waals surface area contributed by atoms with Gasteiger partial charge in [-0.3, -0.25) is 14.8 Å². The summed E-state index contributed by atoms with van der Waals surface area (Å²) in [6, 6.07) is 13.4. The number of amides is 1. The second-order valence-corrected chi connectivity index (χ2v) is 11.2. The first-order chi connectivity index (χ1) is 19.8. The fourth-order valence-electron chi connectivity index (χ4n) is 5.84. The van der Waals surface area contributed by atoms with Crippen LogP contribution in [0, 0.1) is 20.8 Å². The van der Waals surface area contributed by atoms with Gasteiger partial charge in [0.05, 0.1) is 17.9 Å². The van der Waals surface area contributed by atoms with Crippen molar-refractivity contribution >= 4 is 11.6 Å². The van der Waals surface area contributed by atoms with Crippen molar-refractivity contribution in [1.82, 2.24) is 14.9 Å². The van der Waals surface area contributed by atoms with E-state index in [1.165, 1.54) is 16.8 Å². The van der Waals surface area contributed by atoms with Gasteiger partial charge < -0.3 is 25.0 Å². The molecule has 3 aromatic rings. The number of hydrogen-bond donors (Lipinski definition) is 1. The van der Waals surface area contributed by atoms with E-state index < -0.39 is 5.91 Å². The summed E-state index contributed by atoms with van der Waals surface area (Å²) in [6.07, 6.45) is 7.95. The van der Waals surface area contributed by atoms with Crippen LogP contribution in [0.15, 0.2) is 48.8 Å². The van der Waals surface area contributed by atoms with E-state index in [1.54, 1.807) is 7.11 Å². The minimum atomic E-state index is -0.408. The van der Waals surface area contributed by atoms with Gasteiger partial charge in [0.25, 0.3) is 5.91 Å². The lowest BCUT2D eigenvalue weighted by molar-refractivity contribution is 0.0998. The van der Waals surface area contributed by atoms with Crippen molar-refractivity contribution in [3.05, 3.63) is 82.4 Å². The van der Waals surface area contributed by atoms with Crippen LogP contribution in [0.25, 0.3) is 0 Å². The van der Waals surface area contributed by atoms with E-state index in [-0.39, 0.29) is 0 Å². The lowest BCUT2D eigenvalue weighted by Gasteiger charge is -2.42. The van der Waals surface area contributed by atoms with E-state index in [0.717, 1.165) is 68.0 Å². The van der Waals surface area contributed by atoms with Gasteiger partial charge in [0, 0.05) is 62.6 Å². The third-order valence-electron chi connectivity index (χ3n) is 8.29. The topological polar surface area (TPSA) is 93.8 Å². The van der Waals surface area contributed by atoms with Gasteiger partial charge in [0.2, 0.25) is 0 Å². The first-order valence-electron chi connectivity index (χ1n) is 14.7. The van der Waals surface area contributed by atoms with E-state index in [0.29, 0.717) is 30.9 Å². The number of likely N-dealkylation sites (tertiary alicyclic amines) is 1. The van der Waals surface area contributed by atoms with E-state index in [4.69, 9.17) is 15.2 Å². The highest BCUT2D eigenvalue weighted by Gasteiger charge is 2.28. The van der Waals surface area contributed by atoms with Gasteiger partial charge in [-0.15, -0.1) is 0 Å². The molecule has 0 unspecified atom stereocenters. The average Bonchev–Trinajstić information content (AvgIpc) is 2.96. The Hall–Kier alpha value is -3.49. The van der Waals surface area contributed by atoms with Gasteiger partial charge in [-0.25, -0.2) is 0 Å². The molecule has 0 aliphatic carbocycles. The predicted molar refractivity (Wildman–Crippen MR) is 164 cm³/mol. The number of carbonyl (C=O) groups is 1. The summed E-state index contributed by atoms with van der Waals surface area (Å²) < 4.78 is 10.9. The molecule has 0 bridgehead atoms. The van der Waals surface area contributed by atoms with Crippen LogP contribution in [0.3, 0.4) is 0 Å². The Kier molecular flexibility index (Phi) is 10.7. The number of aryl methyl sites for hydroxylation is 4. The molecule has 8 heteroatoms. The van der Waals surface area contributed by atoms with Crippen LogP contribution in [0.4, 0.5) is 5.69 Å². The van der Waals surface area contributed by atoms with Crippen molar-refractivity contribution in [3.63, 3.8) is 0 Å². The summed E-state index contributed by atoms with van der Waals surface area (Å²) in [6.45, 7) is 12.3. The second-order valence-electron chi connectivity index (χ2n) is 11.2. The van der Waals surface area contributed by atoms with E-state index in [1.807, 2.05) is 32.3 Å². The second kappa shape index (κ2) is 14.4. The van der Waals surface area contributed by atoms with Crippen molar-refractivity contribution in [2.75, 3.05) is 38.3 Å². The number of methoxy groups -OCH3 is 1. The first kappa shape index (κ1) is 30.5. The molecule has 1 fully saturated rings. The summed E-state index contributed by atoms with van der Waals surface area (Å²) in [5, 5.41) is 0.